The smallest absolute Gasteiger partial charge is 0.317 e. The Morgan fingerprint density at radius 1 is 1.13 bits per heavy atom. The van der Waals surface area contributed by atoms with Crippen LogP contribution in [0.4, 0.5) is 4.79 Å². The fourth-order valence-electron chi connectivity index (χ4n) is 3.81. The Balaban J connectivity index is 1.78. The van der Waals surface area contributed by atoms with Crippen LogP contribution in [0, 0.1) is 0 Å². The normalized spacial score (nSPS) is 20.1. The lowest BCUT2D eigenvalue weighted by molar-refractivity contribution is 0.196. The molecule has 0 saturated carbocycles. The van der Waals surface area contributed by atoms with E-state index in [4.69, 9.17) is 0 Å². The number of rotatable bonds is 4. The number of amides is 2. The van der Waals surface area contributed by atoms with E-state index >= 15 is 0 Å². The lowest BCUT2D eigenvalue weighted by atomic mass is 10.1. The van der Waals surface area contributed by atoms with Crippen molar-refractivity contribution in [2.75, 3.05) is 26.2 Å². The van der Waals surface area contributed by atoms with Crippen molar-refractivity contribution in [1.82, 2.24) is 15.1 Å². The minimum atomic E-state index is -3.74. The van der Waals surface area contributed by atoms with Crippen LogP contribution in [-0.4, -0.2) is 62.3 Å². The number of aryl methyl sites for hydroxylation is 1. The van der Waals surface area contributed by atoms with E-state index in [2.05, 4.69) is 16.6 Å². The zero-order valence-corrected chi connectivity index (χ0v) is 19.1. The van der Waals surface area contributed by atoms with Crippen LogP contribution in [0.1, 0.15) is 51.7 Å². The standard InChI is InChI=1S/C22H32N4O3S/c1-5-16(3)23-22(27)26-13-7-12-25(14-15-26)21-17(4)20(30(28,29)24-21)19-10-8-18(6-2)9-11-19/h8-11,16H,5-7,12-15H2,1-4H3,(H,23,27)/t16-/m0/s1. The monoisotopic (exact) mass is 432 g/mol. The van der Waals surface area contributed by atoms with Gasteiger partial charge in [0.2, 0.25) is 0 Å². The van der Waals surface area contributed by atoms with Gasteiger partial charge in [-0.05, 0) is 44.2 Å². The maximum Gasteiger partial charge on any atom is 0.317 e. The summed E-state index contributed by atoms with van der Waals surface area (Å²) in [6.07, 6.45) is 2.55. The zero-order chi connectivity index (χ0) is 21.9. The van der Waals surface area contributed by atoms with Crippen LogP contribution in [0.5, 0.6) is 0 Å². The van der Waals surface area contributed by atoms with Gasteiger partial charge in [-0.25, -0.2) is 4.79 Å². The number of amidine groups is 1. The summed E-state index contributed by atoms with van der Waals surface area (Å²) in [6.45, 7) is 10.3. The predicted molar refractivity (Wildman–Crippen MR) is 121 cm³/mol. The number of sulfonamides is 1. The lowest BCUT2D eigenvalue weighted by Gasteiger charge is -2.25. The molecule has 1 N–H and O–H groups in total. The Bertz CT molecular complexity index is 951. The van der Waals surface area contributed by atoms with E-state index in [0.717, 1.165) is 24.8 Å². The van der Waals surface area contributed by atoms with Gasteiger partial charge in [0.1, 0.15) is 10.7 Å². The molecule has 0 aromatic heterocycles. The largest absolute Gasteiger partial charge is 0.354 e. The van der Waals surface area contributed by atoms with Crippen LogP contribution in [-0.2, 0) is 16.4 Å². The Morgan fingerprint density at radius 3 is 2.47 bits per heavy atom. The van der Waals surface area contributed by atoms with E-state index in [0.29, 0.717) is 43.2 Å². The second-order valence-corrected chi connectivity index (χ2v) is 9.52. The van der Waals surface area contributed by atoms with Crippen LogP contribution in [0.25, 0.3) is 4.91 Å². The van der Waals surface area contributed by atoms with Gasteiger partial charge in [-0.1, -0.05) is 38.1 Å². The highest BCUT2D eigenvalue weighted by Crippen LogP contribution is 2.34. The van der Waals surface area contributed by atoms with Gasteiger partial charge in [-0.15, -0.1) is 4.40 Å². The molecule has 3 rings (SSSR count). The Kier molecular flexibility index (Phi) is 6.85. The first-order valence-corrected chi connectivity index (χ1v) is 12.2. The molecular weight excluding hydrogens is 400 g/mol. The Hall–Kier alpha value is -2.35. The van der Waals surface area contributed by atoms with Crippen LogP contribution >= 0.6 is 0 Å². The number of nitrogens with zero attached hydrogens (tertiary/aromatic N) is 3. The fraction of sp³-hybridized carbons (Fsp3) is 0.545. The predicted octanol–water partition coefficient (Wildman–Crippen LogP) is 3.24. The lowest BCUT2D eigenvalue weighted by Crippen LogP contribution is -2.45. The third-order valence-electron chi connectivity index (χ3n) is 5.83. The molecule has 0 aliphatic carbocycles. The summed E-state index contributed by atoms with van der Waals surface area (Å²) in [6, 6.07) is 7.71. The summed E-state index contributed by atoms with van der Waals surface area (Å²) < 4.78 is 29.8. The van der Waals surface area contributed by atoms with Gasteiger partial charge >= 0.3 is 6.03 Å². The summed E-state index contributed by atoms with van der Waals surface area (Å²) in [7, 11) is -3.74. The molecule has 2 aliphatic rings. The number of urea groups is 1. The van der Waals surface area contributed by atoms with Crippen LogP contribution < -0.4 is 5.32 Å². The maximum atomic E-state index is 12.8. The molecule has 2 heterocycles. The summed E-state index contributed by atoms with van der Waals surface area (Å²) in [5.74, 6) is 0.508. The van der Waals surface area contributed by atoms with Crippen LogP contribution in [0.3, 0.4) is 0 Å². The van der Waals surface area contributed by atoms with Gasteiger partial charge < -0.3 is 15.1 Å². The van der Waals surface area contributed by atoms with Crippen molar-refractivity contribution in [3.63, 3.8) is 0 Å². The number of hydrogen-bond donors (Lipinski definition) is 1. The van der Waals surface area contributed by atoms with Gasteiger partial charge in [-0.3, -0.25) is 0 Å². The van der Waals surface area contributed by atoms with Crippen molar-refractivity contribution in [2.45, 2.75) is 53.0 Å². The highest BCUT2D eigenvalue weighted by atomic mass is 32.2. The third kappa shape index (κ3) is 4.69. The number of carbonyl (C=O) groups excluding carboxylic acids is 1. The minimum Gasteiger partial charge on any atom is -0.354 e. The van der Waals surface area contributed by atoms with Crippen molar-refractivity contribution in [2.24, 2.45) is 4.40 Å². The number of carbonyl (C=O) groups is 1. The molecule has 8 heteroatoms. The van der Waals surface area contributed by atoms with Gasteiger partial charge in [0.15, 0.2) is 0 Å². The number of benzene rings is 1. The number of hydrogen-bond acceptors (Lipinski definition) is 4. The summed E-state index contributed by atoms with van der Waals surface area (Å²) in [5, 5.41) is 3.00. The second-order valence-electron chi connectivity index (χ2n) is 7.98. The first-order chi connectivity index (χ1) is 14.3. The molecule has 0 bridgehead atoms. The van der Waals surface area contributed by atoms with E-state index in [1.807, 2.05) is 49.9 Å². The molecule has 1 saturated heterocycles. The van der Waals surface area contributed by atoms with E-state index in [1.54, 1.807) is 4.90 Å². The fourth-order valence-corrected chi connectivity index (χ4v) is 5.30. The average molecular weight is 433 g/mol. The molecule has 0 spiro atoms. The maximum absolute atomic E-state index is 12.8. The molecule has 0 unspecified atom stereocenters. The molecule has 7 nitrogen and oxygen atoms in total. The first-order valence-electron chi connectivity index (χ1n) is 10.7. The van der Waals surface area contributed by atoms with Crippen molar-refractivity contribution < 1.29 is 13.2 Å². The van der Waals surface area contributed by atoms with Gasteiger partial charge in [0, 0.05) is 37.8 Å². The highest BCUT2D eigenvalue weighted by molar-refractivity contribution is 8.00. The van der Waals surface area contributed by atoms with E-state index in [9.17, 15) is 13.2 Å². The molecule has 30 heavy (non-hydrogen) atoms. The third-order valence-corrected chi connectivity index (χ3v) is 7.30. The molecular formula is C22H32N4O3S. The second kappa shape index (κ2) is 9.20. The number of nitrogens with one attached hydrogen (secondary N) is 1. The van der Waals surface area contributed by atoms with Gasteiger partial charge in [0.25, 0.3) is 10.0 Å². The van der Waals surface area contributed by atoms with E-state index in [-0.39, 0.29) is 17.0 Å². The minimum absolute atomic E-state index is 0.0591. The molecule has 1 aromatic carbocycles. The van der Waals surface area contributed by atoms with Crippen LogP contribution in [0.15, 0.2) is 34.2 Å². The Labute approximate surface area is 179 Å². The van der Waals surface area contributed by atoms with Crippen molar-refractivity contribution >= 4 is 26.8 Å². The van der Waals surface area contributed by atoms with Gasteiger partial charge in [0.05, 0.1) is 0 Å². The molecule has 0 radical (unpaired) electrons. The molecule has 2 amide bonds. The van der Waals surface area contributed by atoms with Crippen molar-refractivity contribution in [3.05, 3.63) is 41.0 Å². The quantitative estimate of drug-likeness (QED) is 0.792. The van der Waals surface area contributed by atoms with Crippen LogP contribution in [0.2, 0.25) is 0 Å². The van der Waals surface area contributed by atoms with Crippen molar-refractivity contribution in [1.29, 1.82) is 0 Å². The highest BCUT2D eigenvalue weighted by Gasteiger charge is 2.34. The van der Waals surface area contributed by atoms with Crippen molar-refractivity contribution in [3.8, 4) is 0 Å². The van der Waals surface area contributed by atoms with Gasteiger partial charge in [-0.2, -0.15) is 8.42 Å². The SMILES string of the molecule is CCc1ccc(C2=C(C)C(N3CCCN(C(=O)N[C@@H](C)CC)CC3)=NS2(=O)=O)cc1. The molecule has 2 aliphatic heterocycles. The molecule has 1 atom stereocenters. The average Bonchev–Trinajstić information content (AvgIpc) is 2.88. The first kappa shape index (κ1) is 22.3. The summed E-state index contributed by atoms with van der Waals surface area (Å²) >= 11 is 0. The molecule has 1 fully saturated rings. The topological polar surface area (TPSA) is 82.1 Å². The molecule has 1 aromatic rings. The van der Waals surface area contributed by atoms with E-state index < -0.39 is 10.0 Å². The Morgan fingerprint density at radius 2 is 1.83 bits per heavy atom. The van der Waals surface area contributed by atoms with E-state index in [1.165, 1.54) is 0 Å². The summed E-state index contributed by atoms with van der Waals surface area (Å²) in [4.78, 5) is 16.6. The zero-order valence-electron chi connectivity index (χ0n) is 18.3. The summed E-state index contributed by atoms with van der Waals surface area (Å²) in [5.41, 5.74) is 2.52. The molecule has 164 valence electrons.